The van der Waals surface area contributed by atoms with Crippen LogP contribution in [0, 0.1) is 0 Å². The molecule has 0 amide bonds. The van der Waals surface area contributed by atoms with E-state index in [-0.39, 0.29) is 6.61 Å². The average molecular weight is 345 g/mol. The Bertz CT molecular complexity index is 655. The molecule has 0 spiro atoms. The standard InChI is InChI=1S/C17H17BrN2O/c18-15-7-8-16-14(11-15)12-20(9-4-10-21)17(19-16)13-5-2-1-3-6-13/h1-3,5-8,11,21H,4,9-10,12H2. The summed E-state index contributed by atoms with van der Waals surface area (Å²) in [5.41, 5.74) is 3.35. The Morgan fingerprint density at radius 3 is 2.71 bits per heavy atom. The zero-order valence-electron chi connectivity index (χ0n) is 11.7. The van der Waals surface area contributed by atoms with Gasteiger partial charge in [0.05, 0.1) is 5.69 Å². The van der Waals surface area contributed by atoms with Crippen molar-refractivity contribution < 1.29 is 5.11 Å². The smallest absolute Gasteiger partial charge is 0.136 e. The predicted molar refractivity (Wildman–Crippen MR) is 88.9 cm³/mol. The Kier molecular flexibility index (Phi) is 4.36. The molecule has 1 aliphatic rings. The number of halogens is 1. The van der Waals surface area contributed by atoms with Crippen LogP contribution in [0.1, 0.15) is 17.5 Å². The molecule has 3 rings (SSSR count). The SMILES string of the molecule is OCCCN1Cc2cc(Br)ccc2N=C1c1ccccc1. The monoisotopic (exact) mass is 344 g/mol. The van der Waals surface area contributed by atoms with Crippen LogP contribution in [0.2, 0.25) is 0 Å². The molecule has 3 nitrogen and oxygen atoms in total. The van der Waals surface area contributed by atoms with E-state index in [0.717, 1.165) is 41.1 Å². The summed E-state index contributed by atoms with van der Waals surface area (Å²) >= 11 is 3.52. The molecule has 0 saturated carbocycles. The molecule has 0 aromatic heterocycles. The van der Waals surface area contributed by atoms with Gasteiger partial charge in [-0.15, -0.1) is 0 Å². The lowest BCUT2D eigenvalue weighted by Gasteiger charge is -2.30. The Morgan fingerprint density at radius 2 is 1.95 bits per heavy atom. The van der Waals surface area contributed by atoms with Crippen molar-refractivity contribution in [1.29, 1.82) is 0 Å². The van der Waals surface area contributed by atoms with Gasteiger partial charge >= 0.3 is 0 Å². The second-order valence-corrected chi connectivity index (χ2v) is 5.99. The van der Waals surface area contributed by atoms with Crippen molar-refractivity contribution in [2.45, 2.75) is 13.0 Å². The Morgan fingerprint density at radius 1 is 1.14 bits per heavy atom. The minimum atomic E-state index is 0.198. The second-order valence-electron chi connectivity index (χ2n) is 5.07. The molecule has 4 heteroatoms. The summed E-state index contributed by atoms with van der Waals surface area (Å²) in [6, 6.07) is 16.4. The number of benzene rings is 2. The lowest BCUT2D eigenvalue weighted by molar-refractivity contribution is 0.264. The van der Waals surface area contributed by atoms with Crippen molar-refractivity contribution in [3.8, 4) is 0 Å². The van der Waals surface area contributed by atoms with Crippen LogP contribution in [-0.2, 0) is 6.54 Å². The third-order valence-corrected chi connectivity index (χ3v) is 4.04. The lowest BCUT2D eigenvalue weighted by atomic mass is 10.1. The van der Waals surface area contributed by atoms with E-state index >= 15 is 0 Å². The molecule has 0 atom stereocenters. The van der Waals surface area contributed by atoms with Crippen LogP contribution in [0.5, 0.6) is 0 Å². The third-order valence-electron chi connectivity index (χ3n) is 3.55. The molecular weight excluding hydrogens is 328 g/mol. The maximum Gasteiger partial charge on any atom is 0.136 e. The largest absolute Gasteiger partial charge is 0.396 e. The fourth-order valence-electron chi connectivity index (χ4n) is 2.54. The number of nitrogens with zero attached hydrogens (tertiary/aromatic N) is 2. The first-order valence-electron chi connectivity index (χ1n) is 7.06. The van der Waals surface area contributed by atoms with Gasteiger partial charge in [-0.3, -0.25) is 0 Å². The van der Waals surface area contributed by atoms with E-state index in [9.17, 15) is 0 Å². The van der Waals surface area contributed by atoms with Crippen LogP contribution in [0.4, 0.5) is 5.69 Å². The molecule has 108 valence electrons. The van der Waals surface area contributed by atoms with Crippen molar-refractivity contribution in [3.63, 3.8) is 0 Å². The van der Waals surface area contributed by atoms with Gasteiger partial charge in [0.2, 0.25) is 0 Å². The highest BCUT2D eigenvalue weighted by Gasteiger charge is 2.20. The number of hydrogen-bond donors (Lipinski definition) is 1. The number of aliphatic imine (C=N–C) groups is 1. The summed E-state index contributed by atoms with van der Waals surface area (Å²) in [7, 11) is 0. The molecule has 0 saturated heterocycles. The topological polar surface area (TPSA) is 35.8 Å². The molecular formula is C17H17BrN2O. The summed E-state index contributed by atoms with van der Waals surface area (Å²) < 4.78 is 1.07. The van der Waals surface area contributed by atoms with Gasteiger partial charge in [0.1, 0.15) is 5.84 Å². The minimum Gasteiger partial charge on any atom is -0.396 e. The first kappa shape index (κ1) is 14.3. The predicted octanol–water partition coefficient (Wildman–Crippen LogP) is 3.73. The Hall–Kier alpha value is -1.65. The maximum absolute atomic E-state index is 9.12. The van der Waals surface area contributed by atoms with Crippen molar-refractivity contribution in [1.82, 2.24) is 4.90 Å². The number of aliphatic hydroxyl groups excluding tert-OH is 1. The summed E-state index contributed by atoms with van der Waals surface area (Å²) in [6.07, 6.45) is 0.745. The maximum atomic E-state index is 9.12. The normalized spacial score (nSPS) is 13.8. The first-order chi connectivity index (χ1) is 10.3. The highest BCUT2D eigenvalue weighted by atomic mass is 79.9. The van der Waals surface area contributed by atoms with E-state index in [0.29, 0.717) is 0 Å². The van der Waals surface area contributed by atoms with Gasteiger partial charge in [-0.25, -0.2) is 4.99 Å². The summed E-state index contributed by atoms with van der Waals surface area (Å²) in [4.78, 5) is 7.07. The van der Waals surface area contributed by atoms with Crippen molar-refractivity contribution >= 4 is 27.5 Å². The molecule has 1 aliphatic heterocycles. The van der Waals surface area contributed by atoms with Crippen molar-refractivity contribution in [3.05, 3.63) is 64.1 Å². The quantitative estimate of drug-likeness (QED) is 0.917. The lowest BCUT2D eigenvalue weighted by Crippen LogP contribution is -2.34. The summed E-state index contributed by atoms with van der Waals surface area (Å²) in [5, 5.41) is 9.12. The molecule has 1 heterocycles. The van der Waals surface area contributed by atoms with Gasteiger partial charge in [0.15, 0.2) is 0 Å². The van der Waals surface area contributed by atoms with Gasteiger partial charge in [-0.2, -0.15) is 0 Å². The van der Waals surface area contributed by atoms with Crippen LogP contribution in [0.3, 0.4) is 0 Å². The number of amidine groups is 1. The van der Waals surface area contributed by atoms with E-state index < -0.39 is 0 Å². The fourth-order valence-corrected chi connectivity index (χ4v) is 2.94. The van der Waals surface area contributed by atoms with Crippen molar-refractivity contribution in [2.24, 2.45) is 4.99 Å². The van der Waals surface area contributed by atoms with Crippen molar-refractivity contribution in [2.75, 3.05) is 13.2 Å². The van der Waals surface area contributed by atoms with E-state index in [2.05, 4.69) is 39.0 Å². The van der Waals surface area contributed by atoms with Crippen LogP contribution in [0.15, 0.2) is 58.0 Å². The van der Waals surface area contributed by atoms with Gasteiger partial charge in [0.25, 0.3) is 0 Å². The number of aliphatic hydroxyl groups is 1. The highest BCUT2D eigenvalue weighted by Crippen LogP contribution is 2.30. The minimum absolute atomic E-state index is 0.198. The van der Waals surface area contributed by atoms with Gasteiger partial charge in [-0.1, -0.05) is 46.3 Å². The Labute approximate surface area is 133 Å². The zero-order chi connectivity index (χ0) is 14.7. The number of rotatable bonds is 4. The molecule has 0 aliphatic carbocycles. The van der Waals surface area contributed by atoms with Crippen LogP contribution in [-0.4, -0.2) is 29.0 Å². The molecule has 21 heavy (non-hydrogen) atoms. The van der Waals surface area contributed by atoms with E-state index in [1.807, 2.05) is 30.3 Å². The van der Waals surface area contributed by atoms with Gasteiger partial charge in [0, 0.05) is 29.7 Å². The van der Waals surface area contributed by atoms with Crippen LogP contribution >= 0.6 is 15.9 Å². The first-order valence-corrected chi connectivity index (χ1v) is 7.85. The highest BCUT2D eigenvalue weighted by molar-refractivity contribution is 9.10. The fraction of sp³-hybridized carbons (Fsp3) is 0.235. The van der Waals surface area contributed by atoms with Crippen LogP contribution in [0.25, 0.3) is 0 Å². The molecule has 0 radical (unpaired) electrons. The third kappa shape index (κ3) is 3.17. The zero-order valence-corrected chi connectivity index (χ0v) is 13.3. The van der Waals surface area contributed by atoms with Gasteiger partial charge in [-0.05, 0) is 30.2 Å². The summed E-state index contributed by atoms with van der Waals surface area (Å²) in [6.45, 7) is 1.82. The van der Waals surface area contributed by atoms with E-state index in [4.69, 9.17) is 10.1 Å². The number of fused-ring (bicyclic) bond motifs is 1. The van der Waals surface area contributed by atoms with Crippen LogP contribution < -0.4 is 0 Å². The van der Waals surface area contributed by atoms with Gasteiger partial charge < -0.3 is 10.0 Å². The second kappa shape index (κ2) is 6.41. The average Bonchev–Trinajstić information content (AvgIpc) is 2.52. The molecule has 1 N–H and O–H groups in total. The molecule has 0 fully saturated rings. The Balaban J connectivity index is 2.01. The molecule has 2 aromatic carbocycles. The van der Waals surface area contributed by atoms with E-state index in [1.165, 1.54) is 5.56 Å². The summed E-state index contributed by atoms with van der Waals surface area (Å²) in [5.74, 6) is 0.985. The van der Waals surface area contributed by atoms with E-state index in [1.54, 1.807) is 0 Å². The molecule has 0 unspecified atom stereocenters. The molecule has 0 bridgehead atoms. The number of hydrogen-bond acceptors (Lipinski definition) is 3. The molecule has 2 aromatic rings.